The number of nitrogens with two attached hydrogens (primary N) is 1. The third-order valence-corrected chi connectivity index (χ3v) is 4.95. The van der Waals surface area contributed by atoms with Crippen LogP contribution in [-0.4, -0.2) is 21.8 Å². The van der Waals surface area contributed by atoms with Crippen molar-refractivity contribution in [3.8, 4) is 0 Å². The van der Waals surface area contributed by atoms with E-state index in [-0.39, 0.29) is 5.41 Å². The maximum Gasteiger partial charge on any atom is 0.0317 e. The summed E-state index contributed by atoms with van der Waals surface area (Å²) in [6, 6.07) is 0. The minimum atomic E-state index is -0.626. The lowest BCUT2D eigenvalue weighted by Gasteiger charge is -2.21. The first-order valence-corrected chi connectivity index (χ1v) is 7.38. The number of rotatable bonds is 8. The lowest BCUT2D eigenvalue weighted by molar-refractivity contribution is 0.336. The maximum atomic E-state index is 11.7. The third-order valence-electron chi connectivity index (χ3n) is 3.03. The van der Waals surface area contributed by atoms with Crippen molar-refractivity contribution in [1.82, 2.24) is 0 Å². The van der Waals surface area contributed by atoms with Gasteiger partial charge in [0.1, 0.15) is 0 Å². The highest BCUT2D eigenvalue weighted by atomic mass is 32.2. The standard InChI is InChI=1S/C12H27NOS/c1-5-11(2)15(14)9-7-6-8-12(3,4)10-13/h11H,5-10,13H2,1-4H3. The zero-order valence-electron chi connectivity index (χ0n) is 10.7. The molecule has 15 heavy (non-hydrogen) atoms. The van der Waals surface area contributed by atoms with Crippen LogP contribution in [0.4, 0.5) is 0 Å². The van der Waals surface area contributed by atoms with Crippen LogP contribution in [0.1, 0.15) is 53.4 Å². The van der Waals surface area contributed by atoms with Crippen LogP contribution in [0.5, 0.6) is 0 Å². The average molecular weight is 233 g/mol. The molecule has 0 saturated carbocycles. The van der Waals surface area contributed by atoms with Gasteiger partial charge in [0.15, 0.2) is 0 Å². The van der Waals surface area contributed by atoms with Gasteiger partial charge in [-0.2, -0.15) is 0 Å². The molecule has 2 N–H and O–H groups in total. The molecule has 92 valence electrons. The van der Waals surface area contributed by atoms with Gasteiger partial charge < -0.3 is 5.73 Å². The Bertz CT molecular complexity index is 192. The first kappa shape index (κ1) is 15.1. The van der Waals surface area contributed by atoms with Gasteiger partial charge in [-0.25, -0.2) is 0 Å². The van der Waals surface area contributed by atoms with Gasteiger partial charge >= 0.3 is 0 Å². The highest BCUT2D eigenvalue weighted by molar-refractivity contribution is 7.85. The van der Waals surface area contributed by atoms with Crippen molar-refractivity contribution in [3.63, 3.8) is 0 Å². The van der Waals surface area contributed by atoms with Gasteiger partial charge in [0, 0.05) is 21.8 Å². The van der Waals surface area contributed by atoms with Gasteiger partial charge in [0.05, 0.1) is 0 Å². The average Bonchev–Trinajstić information content (AvgIpc) is 2.22. The van der Waals surface area contributed by atoms with Crippen molar-refractivity contribution in [2.24, 2.45) is 11.1 Å². The summed E-state index contributed by atoms with van der Waals surface area (Å²) in [7, 11) is -0.626. The van der Waals surface area contributed by atoms with Crippen LogP contribution < -0.4 is 5.73 Å². The molecule has 0 aromatic heterocycles. The molecule has 0 aliphatic carbocycles. The summed E-state index contributed by atoms with van der Waals surface area (Å²) in [4.78, 5) is 0. The predicted octanol–water partition coefficient (Wildman–Crippen LogP) is 2.69. The van der Waals surface area contributed by atoms with E-state index in [4.69, 9.17) is 5.73 Å². The molecule has 0 aromatic carbocycles. The van der Waals surface area contributed by atoms with Crippen LogP contribution in [0.3, 0.4) is 0 Å². The summed E-state index contributed by atoms with van der Waals surface area (Å²) in [5.41, 5.74) is 5.91. The van der Waals surface area contributed by atoms with E-state index < -0.39 is 10.8 Å². The number of unbranched alkanes of at least 4 members (excludes halogenated alkanes) is 1. The summed E-state index contributed by atoms with van der Waals surface area (Å²) < 4.78 is 11.7. The second kappa shape index (κ2) is 7.39. The van der Waals surface area contributed by atoms with Crippen molar-refractivity contribution >= 4 is 10.8 Å². The molecule has 0 aromatic rings. The normalized spacial score (nSPS) is 16.3. The Hall–Kier alpha value is 0.110. The molecule has 0 spiro atoms. The fourth-order valence-corrected chi connectivity index (χ4v) is 2.60. The lowest BCUT2D eigenvalue weighted by Crippen LogP contribution is -2.23. The Morgan fingerprint density at radius 1 is 1.33 bits per heavy atom. The van der Waals surface area contributed by atoms with E-state index >= 15 is 0 Å². The number of hydrogen-bond donors (Lipinski definition) is 1. The third kappa shape index (κ3) is 7.07. The summed E-state index contributed by atoms with van der Waals surface area (Å²) in [5, 5.41) is 0.354. The summed E-state index contributed by atoms with van der Waals surface area (Å²) >= 11 is 0. The molecule has 0 fully saturated rings. The van der Waals surface area contributed by atoms with Gasteiger partial charge in [-0.3, -0.25) is 4.21 Å². The second-order valence-corrected chi connectivity index (χ2v) is 7.10. The van der Waals surface area contributed by atoms with E-state index in [0.29, 0.717) is 5.25 Å². The smallest absolute Gasteiger partial charge is 0.0317 e. The fraction of sp³-hybridized carbons (Fsp3) is 1.00. The monoisotopic (exact) mass is 233 g/mol. The molecule has 0 rings (SSSR count). The highest BCUT2D eigenvalue weighted by Gasteiger charge is 2.15. The van der Waals surface area contributed by atoms with Crippen LogP contribution in [0, 0.1) is 5.41 Å². The Labute approximate surface area is 97.5 Å². The van der Waals surface area contributed by atoms with Crippen molar-refractivity contribution in [1.29, 1.82) is 0 Å². The summed E-state index contributed by atoms with van der Waals surface area (Å²) in [6.45, 7) is 9.29. The van der Waals surface area contributed by atoms with Crippen LogP contribution in [-0.2, 0) is 10.8 Å². The van der Waals surface area contributed by atoms with Gasteiger partial charge in [0.2, 0.25) is 0 Å². The Balaban J connectivity index is 3.59. The summed E-state index contributed by atoms with van der Waals surface area (Å²) in [6.07, 6.45) is 4.37. The highest BCUT2D eigenvalue weighted by Crippen LogP contribution is 2.21. The van der Waals surface area contributed by atoms with Crippen molar-refractivity contribution in [3.05, 3.63) is 0 Å². The molecule has 0 aliphatic heterocycles. The largest absolute Gasteiger partial charge is 0.330 e. The first-order valence-electron chi connectivity index (χ1n) is 6.00. The van der Waals surface area contributed by atoms with Crippen molar-refractivity contribution in [2.45, 2.75) is 58.6 Å². The first-order chi connectivity index (χ1) is 6.93. The molecule has 0 bridgehead atoms. The SMILES string of the molecule is CCC(C)S(=O)CCCCC(C)(C)CN. The van der Waals surface area contributed by atoms with Crippen LogP contribution in [0.25, 0.3) is 0 Å². The summed E-state index contributed by atoms with van der Waals surface area (Å²) in [5.74, 6) is 0.857. The Morgan fingerprint density at radius 3 is 2.40 bits per heavy atom. The molecular formula is C12H27NOS. The molecule has 0 amide bonds. The van der Waals surface area contributed by atoms with Crippen molar-refractivity contribution < 1.29 is 4.21 Å². The van der Waals surface area contributed by atoms with Gasteiger partial charge in [0.25, 0.3) is 0 Å². The molecule has 2 nitrogen and oxygen atoms in total. The number of hydrogen-bond acceptors (Lipinski definition) is 2. The second-order valence-electron chi connectivity index (χ2n) is 5.13. The fourth-order valence-electron chi connectivity index (χ4n) is 1.34. The van der Waals surface area contributed by atoms with Gasteiger partial charge in [-0.1, -0.05) is 34.1 Å². The molecule has 3 heteroatoms. The molecule has 0 heterocycles. The van der Waals surface area contributed by atoms with Gasteiger partial charge in [-0.15, -0.1) is 0 Å². The topological polar surface area (TPSA) is 43.1 Å². The molecule has 0 saturated heterocycles. The molecular weight excluding hydrogens is 206 g/mol. The minimum absolute atomic E-state index is 0.248. The van der Waals surface area contributed by atoms with Gasteiger partial charge in [-0.05, 0) is 31.2 Å². The van der Waals surface area contributed by atoms with Crippen LogP contribution in [0.2, 0.25) is 0 Å². The molecule has 2 atom stereocenters. The zero-order valence-corrected chi connectivity index (χ0v) is 11.5. The maximum absolute atomic E-state index is 11.7. The van der Waals surface area contributed by atoms with E-state index in [1.807, 2.05) is 0 Å². The van der Waals surface area contributed by atoms with Crippen LogP contribution >= 0.6 is 0 Å². The van der Waals surface area contributed by atoms with E-state index in [0.717, 1.165) is 38.0 Å². The van der Waals surface area contributed by atoms with E-state index in [1.165, 1.54) is 0 Å². The van der Waals surface area contributed by atoms with E-state index in [1.54, 1.807) is 0 Å². The van der Waals surface area contributed by atoms with E-state index in [9.17, 15) is 4.21 Å². The molecule has 2 unspecified atom stereocenters. The zero-order chi connectivity index (χ0) is 11.9. The lowest BCUT2D eigenvalue weighted by atomic mass is 9.88. The van der Waals surface area contributed by atoms with E-state index in [2.05, 4.69) is 27.7 Å². The predicted molar refractivity (Wildman–Crippen MR) is 69.4 cm³/mol. The molecule has 0 radical (unpaired) electrons. The molecule has 0 aliphatic rings. The van der Waals surface area contributed by atoms with Crippen molar-refractivity contribution in [2.75, 3.05) is 12.3 Å². The van der Waals surface area contributed by atoms with Crippen LogP contribution in [0.15, 0.2) is 0 Å². The minimum Gasteiger partial charge on any atom is -0.330 e. The Morgan fingerprint density at radius 2 is 1.93 bits per heavy atom. The Kier molecular flexibility index (Phi) is 7.45. The quantitative estimate of drug-likeness (QED) is 0.655.